The molecular formula is C17H15ClF4N2O4S. The van der Waals surface area contributed by atoms with Gasteiger partial charge in [-0.1, -0.05) is 11.6 Å². The summed E-state index contributed by atoms with van der Waals surface area (Å²) < 4.78 is 82.7. The maximum Gasteiger partial charge on any atom is 0.416 e. The lowest BCUT2D eigenvalue weighted by Crippen LogP contribution is -2.35. The molecule has 0 unspecified atom stereocenters. The number of halogens is 5. The average molecular weight is 455 g/mol. The minimum Gasteiger partial charge on any atom is -0.495 e. The first kappa shape index (κ1) is 22.9. The largest absolute Gasteiger partial charge is 0.495 e. The van der Waals surface area contributed by atoms with Gasteiger partial charge in [-0.3, -0.25) is 4.79 Å². The summed E-state index contributed by atoms with van der Waals surface area (Å²) in [7, 11) is -2.10. The molecule has 2 rings (SSSR count). The van der Waals surface area contributed by atoms with E-state index < -0.39 is 44.9 Å². The van der Waals surface area contributed by atoms with Crippen LogP contribution in [0.15, 0.2) is 41.3 Å². The van der Waals surface area contributed by atoms with Gasteiger partial charge in [-0.25, -0.2) is 12.8 Å². The number of ether oxygens (including phenoxy) is 1. The fourth-order valence-corrected chi connectivity index (χ4v) is 3.75. The Morgan fingerprint density at radius 3 is 2.45 bits per heavy atom. The predicted molar refractivity (Wildman–Crippen MR) is 97.9 cm³/mol. The van der Waals surface area contributed by atoms with Gasteiger partial charge in [-0.2, -0.15) is 17.5 Å². The molecule has 0 aromatic heterocycles. The molecule has 12 heteroatoms. The third-order valence-corrected chi connectivity index (χ3v) is 5.90. The molecule has 0 aliphatic carbocycles. The molecule has 0 saturated carbocycles. The van der Waals surface area contributed by atoms with Crippen molar-refractivity contribution < 1.29 is 35.5 Å². The minimum atomic E-state index is -4.65. The van der Waals surface area contributed by atoms with Gasteiger partial charge in [-0.15, -0.1) is 0 Å². The number of benzene rings is 2. The van der Waals surface area contributed by atoms with E-state index in [1.165, 1.54) is 7.11 Å². The summed E-state index contributed by atoms with van der Waals surface area (Å²) in [4.78, 5) is 11.7. The Balaban J connectivity index is 2.22. The third kappa shape index (κ3) is 5.37. The number of carbonyl (C=O) groups is 1. The van der Waals surface area contributed by atoms with E-state index in [1.54, 1.807) is 0 Å². The quantitative estimate of drug-likeness (QED) is 0.674. The van der Waals surface area contributed by atoms with Crippen LogP contribution in [0.3, 0.4) is 0 Å². The minimum absolute atomic E-state index is 0.139. The molecule has 0 fully saturated rings. The second-order valence-electron chi connectivity index (χ2n) is 5.80. The van der Waals surface area contributed by atoms with E-state index in [1.807, 2.05) is 0 Å². The average Bonchev–Trinajstić information content (AvgIpc) is 2.62. The zero-order valence-corrected chi connectivity index (χ0v) is 16.6. The summed E-state index contributed by atoms with van der Waals surface area (Å²) >= 11 is 5.80. The van der Waals surface area contributed by atoms with Gasteiger partial charge in [0, 0.05) is 7.05 Å². The Kier molecular flexibility index (Phi) is 6.76. The number of alkyl halides is 3. The lowest BCUT2D eigenvalue weighted by molar-refractivity contribution is -0.137. The molecule has 0 saturated heterocycles. The molecule has 0 heterocycles. The van der Waals surface area contributed by atoms with Crippen LogP contribution in [0, 0.1) is 5.82 Å². The molecule has 0 aliphatic heterocycles. The van der Waals surface area contributed by atoms with Crippen molar-refractivity contribution in [1.29, 1.82) is 0 Å². The normalized spacial score (nSPS) is 12.1. The molecule has 29 heavy (non-hydrogen) atoms. The molecule has 0 bridgehead atoms. The Hall–Kier alpha value is -2.37. The van der Waals surface area contributed by atoms with Crippen molar-refractivity contribution in [3.8, 4) is 5.75 Å². The molecule has 6 nitrogen and oxygen atoms in total. The Morgan fingerprint density at radius 2 is 1.86 bits per heavy atom. The lowest BCUT2D eigenvalue weighted by Gasteiger charge is -2.19. The summed E-state index contributed by atoms with van der Waals surface area (Å²) in [5, 5.41) is 1.97. The summed E-state index contributed by atoms with van der Waals surface area (Å²) in [6, 6.07) is 5.16. The standard InChI is InChI=1S/C17H15ClF4N2O4S/c1-24(29(26,27)15-8-11(19)4-6-14(15)28-2)9-16(25)23-13-7-10(17(20,21)22)3-5-12(13)18/h3-8H,9H2,1-2H3,(H,23,25). The van der Waals surface area contributed by atoms with E-state index in [4.69, 9.17) is 16.3 Å². The molecule has 0 radical (unpaired) electrons. The van der Waals surface area contributed by atoms with Crippen LogP contribution in [0.25, 0.3) is 0 Å². The van der Waals surface area contributed by atoms with Crippen molar-refractivity contribution in [1.82, 2.24) is 4.31 Å². The zero-order chi connectivity index (χ0) is 22.0. The van der Waals surface area contributed by atoms with Gasteiger partial charge < -0.3 is 10.1 Å². The number of anilines is 1. The number of rotatable bonds is 6. The van der Waals surface area contributed by atoms with Gasteiger partial charge in [0.2, 0.25) is 15.9 Å². The third-order valence-electron chi connectivity index (χ3n) is 3.75. The predicted octanol–water partition coefficient (Wildman–Crippen LogP) is 3.77. The Morgan fingerprint density at radius 1 is 1.21 bits per heavy atom. The maximum atomic E-state index is 13.5. The van der Waals surface area contributed by atoms with Gasteiger partial charge >= 0.3 is 6.18 Å². The number of hydrogen-bond donors (Lipinski definition) is 1. The SMILES string of the molecule is COc1ccc(F)cc1S(=O)(=O)N(C)CC(=O)Nc1cc(C(F)(F)F)ccc1Cl. The molecule has 1 N–H and O–H groups in total. The van der Waals surface area contributed by atoms with Gasteiger partial charge in [-0.05, 0) is 36.4 Å². The zero-order valence-electron chi connectivity index (χ0n) is 15.0. The highest BCUT2D eigenvalue weighted by Crippen LogP contribution is 2.34. The highest BCUT2D eigenvalue weighted by molar-refractivity contribution is 7.89. The molecular weight excluding hydrogens is 440 g/mol. The smallest absolute Gasteiger partial charge is 0.416 e. The fraction of sp³-hybridized carbons (Fsp3) is 0.235. The van der Waals surface area contributed by atoms with Gasteiger partial charge in [0.1, 0.15) is 16.5 Å². The number of nitrogens with one attached hydrogen (secondary N) is 1. The number of likely N-dealkylation sites (N-methyl/N-ethyl adjacent to an activating group) is 1. The fourth-order valence-electron chi connectivity index (χ4n) is 2.29. The number of amides is 1. The topological polar surface area (TPSA) is 75.7 Å². The van der Waals surface area contributed by atoms with Crippen LogP contribution in [-0.4, -0.2) is 39.3 Å². The molecule has 2 aromatic rings. The Bertz CT molecular complexity index is 1030. The molecule has 158 valence electrons. The van der Waals surface area contributed by atoms with Crippen LogP contribution < -0.4 is 10.1 Å². The van der Waals surface area contributed by atoms with E-state index in [2.05, 4.69) is 5.32 Å². The summed E-state index contributed by atoms with van der Waals surface area (Å²) in [5.74, 6) is -1.93. The lowest BCUT2D eigenvalue weighted by atomic mass is 10.2. The van der Waals surface area contributed by atoms with Gasteiger partial charge in [0.05, 0.1) is 29.9 Å². The number of hydrogen-bond acceptors (Lipinski definition) is 4. The highest BCUT2D eigenvalue weighted by atomic mass is 35.5. The molecule has 0 aliphatic rings. The van der Waals surface area contributed by atoms with Crippen LogP contribution in [-0.2, 0) is 21.0 Å². The molecule has 0 spiro atoms. The molecule has 1 amide bonds. The van der Waals surface area contributed by atoms with Crippen molar-refractivity contribution in [2.75, 3.05) is 26.0 Å². The van der Waals surface area contributed by atoms with E-state index >= 15 is 0 Å². The van der Waals surface area contributed by atoms with E-state index in [0.717, 1.165) is 37.4 Å². The molecule has 2 aromatic carbocycles. The van der Waals surface area contributed by atoms with Crippen molar-refractivity contribution in [2.24, 2.45) is 0 Å². The van der Waals surface area contributed by atoms with Crippen molar-refractivity contribution >= 4 is 33.2 Å². The second-order valence-corrected chi connectivity index (χ2v) is 8.22. The first-order chi connectivity index (χ1) is 13.4. The molecule has 0 atom stereocenters. The van der Waals surface area contributed by atoms with Crippen molar-refractivity contribution in [3.63, 3.8) is 0 Å². The number of nitrogens with zero attached hydrogens (tertiary/aromatic N) is 1. The van der Waals surface area contributed by atoms with E-state index in [9.17, 15) is 30.8 Å². The van der Waals surface area contributed by atoms with Crippen molar-refractivity contribution in [3.05, 3.63) is 52.8 Å². The number of sulfonamides is 1. The Labute approximate surface area is 169 Å². The summed E-state index contributed by atoms with van der Waals surface area (Å²) in [6.45, 7) is -0.769. The number of carbonyl (C=O) groups excluding carboxylic acids is 1. The first-order valence-corrected chi connectivity index (χ1v) is 9.64. The maximum absolute atomic E-state index is 13.5. The van der Waals surface area contributed by atoms with Crippen molar-refractivity contribution in [2.45, 2.75) is 11.1 Å². The van der Waals surface area contributed by atoms with E-state index in [-0.39, 0.29) is 16.5 Å². The van der Waals surface area contributed by atoms with Crippen LogP contribution in [0.4, 0.5) is 23.2 Å². The second kappa shape index (κ2) is 8.56. The van der Waals surface area contributed by atoms with E-state index in [0.29, 0.717) is 10.4 Å². The first-order valence-electron chi connectivity index (χ1n) is 7.82. The number of methoxy groups -OCH3 is 1. The van der Waals surface area contributed by atoms with Gasteiger partial charge in [0.25, 0.3) is 0 Å². The highest BCUT2D eigenvalue weighted by Gasteiger charge is 2.31. The van der Waals surface area contributed by atoms with Crippen LogP contribution in [0.1, 0.15) is 5.56 Å². The van der Waals surface area contributed by atoms with Crippen LogP contribution in [0.5, 0.6) is 5.75 Å². The van der Waals surface area contributed by atoms with Gasteiger partial charge in [0.15, 0.2) is 0 Å². The summed E-state index contributed by atoms with van der Waals surface area (Å²) in [5.41, 5.74) is -1.37. The monoisotopic (exact) mass is 454 g/mol. The summed E-state index contributed by atoms with van der Waals surface area (Å²) in [6.07, 6.45) is -4.65. The van der Waals surface area contributed by atoms with Crippen LogP contribution in [0.2, 0.25) is 5.02 Å². The van der Waals surface area contributed by atoms with Crippen LogP contribution >= 0.6 is 11.6 Å².